The Morgan fingerprint density at radius 3 is 2.24 bits per heavy atom. The van der Waals surface area contributed by atoms with Crippen molar-refractivity contribution in [2.45, 2.75) is 20.3 Å². The second-order valence-electron chi connectivity index (χ2n) is 7.48. The van der Waals surface area contributed by atoms with Crippen LogP contribution in [0, 0.1) is 5.41 Å². The molecule has 33 heavy (non-hydrogen) atoms. The third-order valence-electron chi connectivity index (χ3n) is 5.29. The van der Waals surface area contributed by atoms with Crippen molar-refractivity contribution in [2.75, 3.05) is 18.4 Å². The van der Waals surface area contributed by atoms with Crippen LogP contribution in [0.2, 0.25) is 10.0 Å². The summed E-state index contributed by atoms with van der Waals surface area (Å²) in [5.41, 5.74) is 2.16. The van der Waals surface area contributed by atoms with Gasteiger partial charge in [-0.15, -0.1) is 0 Å². The Kier molecular flexibility index (Phi) is 7.84. The Hall–Kier alpha value is -3.22. The first-order chi connectivity index (χ1) is 15.4. The van der Waals surface area contributed by atoms with Crippen LogP contribution in [0.3, 0.4) is 0 Å². The van der Waals surface area contributed by atoms with Crippen molar-refractivity contribution < 1.29 is 9.59 Å². The second kappa shape index (κ2) is 10.6. The summed E-state index contributed by atoms with van der Waals surface area (Å²) < 4.78 is 0. The predicted molar refractivity (Wildman–Crippen MR) is 133 cm³/mol. The molecule has 0 aliphatic carbocycles. The molecule has 8 heteroatoms. The van der Waals surface area contributed by atoms with Gasteiger partial charge in [-0.05, 0) is 36.2 Å². The van der Waals surface area contributed by atoms with Crippen LogP contribution in [0.15, 0.2) is 60.8 Å². The molecule has 1 aliphatic heterocycles. The summed E-state index contributed by atoms with van der Waals surface area (Å²) in [6.45, 7) is 1.79. The van der Waals surface area contributed by atoms with E-state index in [2.05, 4.69) is 10.3 Å². The highest BCUT2D eigenvalue weighted by Crippen LogP contribution is 2.21. The van der Waals surface area contributed by atoms with Gasteiger partial charge in [-0.3, -0.25) is 15.0 Å². The summed E-state index contributed by atoms with van der Waals surface area (Å²) in [5.74, 6) is 0.274. The fraction of sp³-hybridized carbons (Fsp3) is 0.200. The monoisotopic (exact) mass is 482 g/mol. The molecule has 1 fully saturated rings. The van der Waals surface area contributed by atoms with Crippen LogP contribution in [0.25, 0.3) is 0 Å². The number of likely N-dealkylation sites (tertiary alicyclic amines) is 1. The van der Waals surface area contributed by atoms with Gasteiger partial charge in [0, 0.05) is 47.4 Å². The average molecular weight is 483 g/mol. The number of nitrogens with one attached hydrogen (secondary N) is 2. The molecule has 0 saturated carbocycles. The highest BCUT2D eigenvalue weighted by Gasteiger charge is 2.20. The van der Waals surface area contributed by atoms with Gasteiger partial charge in [0.15, 0.2) is 5.78 Å². The first kappa shape index (κ1) is 24.4. The molecule has 0 atom stereocenters. The molecule has 1 aliphatic rings. The number of nitrogens with zero attached hydrogens (tertiary/aromatic N) is 2. The molecule has 4 rings (SSSR count). The number of halogens is 2. The maximum Gasteiger partial charge on any atom is 0.257 e. The van der Waals surface area contributed by atoms with Crippen LogP contribution in [0.4, 0.5) is 5.82 Å². The minimum Gasteiger partial charge on any atom is -0.356 e. The second-order valence-corrected chi connectivity index (χ2v) is 8.36. The van der Waals surface area contributed by atoms with Crippen molar-refractivity contribution in [3.05, 3.63) is 93.1 Å². The van der Waals surface area contributed by atoms with Crippen LogP contribution >= 0.6 is 23.2 Å². The zero-order valence-electron chi connectivity index (χ0n) is 17.1. The minimum absolute atomic E-state index is 0. The predicted octanol–water partition coefficient (Wildman–Crippen LogP) is 5.73. The van der Waals surface area contributed by atoms with Crippen LogP contribution < -0.4 is 5.32 Å². The fourth-order valence-electron chi connectivity index (χ4n) is 3.36. The Bertz CT molecular complexity index is 1170. The molecule has 1 amide bonds. The van der Waals surface area contributed by atoms with E-state index in [-0.39, 0.29) is 19.6 Å². The standard InChI is InChI=1S/C24H20Cl2N4O2.CH4/c25-18-7-6-17(20(13-18)24(32)29-22-9-8-19(26)14-28-22)12-21(31)15-2-4-16(5-3-15)23(27)30-10-1-11-30;/h2-9,13-14,27H,1,10-12H2,(H,28,29,32);1H4. The third-order valence-corrected chi connectivity index (χ3v) is 5.75. The normalized spacial score (nSPS) is 12.4. The topological polar surface area (TPSA) is 86.1 Å². The summed E-state index contributed by atoms with van der Waals surface area (Å²) in [5, 5.41) is 11.8. The lowest BCUT2D eigenvalue weighted by atomic mass is 9.97. The van der Waals surface area contributed by atoms with Gasteiger partial charge in [-0.1, -0.05) is 61.0 Å². The number of ketones is 1. The molecule has 0 radical (unpaired) electrons. The Morgan fingerprint density at radius 1 is 0.970 bits per heavy atom. The third kappa shape index (κ3) is 5.78. The summed E-state index contributed by atoms with van der Waals surface area (Å²) in [7, 11) is 0. The van der Waals surface area contributed by atoms with Crippen LogP contribution in [-0.2, 0) is 6.42 Å². The smallest absolute Gasteiger partial charge is 0.257 e. The summed E-state index contributed by atoms with van der Waals surface area (Å²) >= 11 is 11.9. The van der Waals surface area contributed by atoms with Crippen LogP contribution in [0.5, 0.6) is 0 Å². The van der Waals surface area contributed by atoms with Gasteiger partial charge in [0.2, 0.25) is 0 Å². The first-order valence-corrected chi connectivity index (χ1v) is 10.8. The molecule has 1 saturated heterocycles. The van der Waals surface area contributed by atoms with Crippen LogP contribution in [0.1, 0.15) is 45.7 Å². The zero-order chi connectivity index (χ0) is 22.7. The number of carbonyl (C=O) groups is 2. The maximum atomic E-state index is 12.9. The number of rotatable bonds is 6. The van der Waals surface area contributed by atoms with Gasteiger partial charge in [0.05, 0.1) is 5.02 Å². The number of Topliss-reactive ketones (excluding diaryl/α,β-unsaturated/α-hetero) is 1. The summed E-state index contributed by atoms with van der Waals surface area (Å²) in [6, 6.07) is 15.1. The van der Waals surface area contributed by atoms with Gasteiger partial charge in [-0.25, -0.2) is 4.98 Å². The average Bonchev–Trinajstić information content (AvgIpc) is 2.75. The van der Waals surface area contributed by atoms with E-state index in [9.17, 15) is 9.59 Å². The van der Waals surface area contributed by atoms with Gasteiger partial charge < -0.3 is 10.2 Å². The van der Waals surface area contributed by atoms with E-state index in [1.165, 1.54) is 12.3 Å². The molecule has 0 spiro atoms. The van der Waals surface area contributed by atoms with Crippen LogP contribution in [-0.4, -0.2) is 40.5 Å². The maximum absolute atomic E-state index is 12.9. The number of benzene rings is 2. The highest BCUT2D eigenvalue weighted by atomic mass is 35.5. The number of amidine groups is 1. The molecular weight excluding hydrogens is 459 g/mol. The molecule has 3 aromatic rings. The van der Waals surface area contributed by atoms with Crippen molar-refractivity contribution in [1.82, 2.24) is 9.88 Å². The lowest BCUT2D eigenvalue weighted by Crippen LogP contribution is -2.42. The summed E-state index contributed by atoms with van der Waals surface area (Å²) in [4.78, 5) is 31.8. The van der Waals surface area contributed by atoms with Crippen molar-refractivity contribution >= 4 is 46.5 Å². The molecular formula is C25H24Cl2N4O2. The fourth-order valence-corrected chi connectivity index (χ4v) is 3.64. The van der Waals surface area contributed by atoms with E-state index in [0.29, 0.717) is 38.4 Å². The number of carbonyl (C=O) groups excluding carboxylic acids is 2. The van der Waals surface area contributed by atoms with E-state index in [1.54, 1.807) is 48.5 Å². The van der Waals surface area contributed by atoms with Gasteiger partial charge in [0.25, 0.3) is 5.91 Å². The van der Waals surface area contributed by atoms with E-state index < -0.39 is 5.91 Å². The molecule has 0 unspecified atom stereocenters. The molecule has 2 aromatic carbocycles. The molecule has 2 heterocycles. The summed E-state index contributed by atoms with van der Waals surface area (Å²) in [6.07, 6.45) is 2.58. The molecule has 2 N–H and O–H groups in total. The van der Waals surface area contributed by atoms with E-state index in [1.807, 2.05) is 4.90 Å². The Labute approximate surface area is 203 Å². The van der Waals surface area contributed by atoms with E-state index in [4.69, 9.17) is 28.6 Å². The number of aromatic nitrogens is 1. The largest absolute Gasteiger partial charge is 0.356 e. The molecule has 6 nitrogen and oxygen atoms in total. The lowest BCUT2D eigenvalue weighted by molar-refractivity contribution is 0.0992. The Morgan fingerprint density at radius 2 is 1.64 bits per heavy atom. The molecule has 0 bridgehead atoms. The van der Waals surface area contributed by atoms with Gasteiger partial charge in [0.1, 0.15) is 11.7 Å². The molecule has 1 aromatic heterocycles. The highest BCUT2D eigenvalue weighted by molar-refractivity contribution is 6.31. The quantitative estimate of drug-likeness (QED) is 0.266. The molecule has 170 valence electrons. The minimum atomic E-state index is -0.413. The van der Waals surface area contributed by atoms with Gasteiger partial charge in [-0.2, -0.15) is 0 Å². The van der Waals surface area contributed by atoms with Crippen molar-refractivity contribution in [2.24, 2.45) is 0 Å². The van der Waals surface area contributed by atoms with Gasteiger partial charge >= 0.3 is 0 Å². The van der Waals surface area contributed by atoms with Crippen molar-refractivity contribution in [1.29, 1.82) is 5.41 Å². The SMILES string of the molecule is C.N=C(c1ccc(C(=O)Cc2ccc(Cl)cc2C(=O)Nc2ccc(Cl)cn2)cc1)N1CCC1. The number of pyridine rings is 1. The lowest BCUT2D eigenvalue weighted by Gasteiger charge is -2.33. The number of anilines is 1. The Balaban J connectivity index is 0.00000306. The number of hydrogen-bond donors (Lipinski definition) is 2. The van der Waals surface area contributed by atoms with E-state index >= 15 is 0 Å². The zero-order valence-corrected chi connectivity index (χ0v) is 18.6. The van der Waals surface area contributed by atoms with E-state index in [0.717, 1.165) is 25.1 Å². The van der Waals surface area contributed by atoms with Crippen molar-refractivity contribution in [3.63, 3.8) is 0 Å². The van der Waals surface area contributed by atoms with Crippen molar-refractivity contribution in [3.8, 4) is 0 Å². The number of hydrogen-bond acceptors (Lipinski definition) is 4. The number of amides is 1. The first-order valence-electron chi connectivity index (χ1n) is 10.1.